The molecular formula is C19H16Br2O7S. The Morgan fingerprint density at radius 1 is 0.966 bits per heavy atom. The fourth-order valence-corrected chi connectivity index (χ4v) is 4.63. The van der Waals surface area contributed by atoms with Crippen LogP contribution in [0.25, 0.3) is 6.08 Å². The van der Waals surface area contributed by atoms with Gasteiger partial charge in [-0.15, -0.1) is 0 Å². The van der Waals surface area contributed by atoms with Crippen LogP contribution in [0.1, 0.15) is 11.1 Å². The van der Waals surface area contributed by atoms with E-state index in [-0.39, 0.29) is 20.7 Å². The van der Waals surface area contributed by atoms with Crippen molar-refractivity contribution in [2.75, 3.05) is 14.2 Å². The van der Waals surface area contributed by atoms with Crippen LogP contribution in [-0.2, 0) is 29.2 Å². The molecule has 29 heavy (non-hydrogen) atoms. The van der Waals surface area contributed by atoms with Crippen LogP contribution in [-0.4, -0.2) is 34.6 Å². The molecule has 0 radical (unpaired) electrons. The largest absolute Gasteiger partial charge is 0.465 e. The van der Waals surface area contributed by atoms with E-state index in [9.17, 15) is 18.0 Å². The molecule has 0 aliphatic rings. The number of aryl methyl sites for hydroxylation is 1. The van der Waals surface area contributed by atoms with Gasteiger partial charge in [-0.2, -0.15) is 8.42 Å². The highest BCUT2D eigenvalue weighted by Crippen LogP contribution is 2.36. The van der Waals surface area contributed by atoms with Crippen molar-refractivity contribution in [3.05, 3.63) is 62.0 Å². The van der Waals surface area contributed by atoms with E-state index >= 15 is 0 Å². The summed E-state index contributed by atoms with van der Waals surface area (Å²) in [6.07, 6.45) is 1.13. The maximum atomic E-state index is 12.7. The summed E-state index contributed by atoms with van der Waals surface area (Å²) in [6.45, 7) is 1.83. The maximum Gasteiger partial charge on any atom is 0.345 e. The first-order chi connectivity index (χ1) is 13.6. The van der Waals surface area contributed by atoms with E-state index in [0.717, 1.165) is 25.9 Å². The average molecular weight is 548 g/mol. The first-order valence-electron chi connectivity index (χ1n) is 7.97. The van der Waals surface area contributed by atoms with E-state index in [1.165, 1.54) is 18.2 Å². The highest BCUT2D eigenvalue weighted by Gasteiger charge is 2.24. The molecule has 0 fully saturated rings. The molecule has 0 saturated carbocycles. The van der Waals surface area contributed by atoms with Crippen molar-refractivity contribution < 1.29 is 31.7 Å². The zero-order chi connectivity index (χ0) is 21.8. The second kappa shape index (κ2) is 9.55. The molecule has 0 spiro atoms. The molecule has 0 saturated heterocycles. The molecule has 154 valence electrons. The summed E-state index contributed by atoms with van der Waals surface area (Å²) in [5.41, 5.74) is 0.587. The Labute approximate surface area is 185 Å². The molecular weight excluding hydrogens is 532 g/mol. The number of carbonyl (C=O) groups excluding carboxylic acids is 2. The standard InChI is InChI=1S/C19H16Br2O7S/c1-11-4-6-14(7-5-11)29(24,25)28-17-12(8-13(20)10-16(17)21)9-15(18(22)26-2)19(23)27-3/h4-10H,1-3H3. The van der Waals surface area contributed by atoms with Crippen LogP contribution in [0.3, 0.4) is 0 Å². The van der Waals surface area contributed by atoms with Crippen molar-refractivity contribution in [3.8, 4) is 5.75 Å². The second-order valence-corrected chi connectivity index (χ2v) is 9.01. The predicted molar refractivity (Wildman–Crippen MR) is 113 cm³/mol. The van der Waals surface area contributed by atoms with Crippen molar-refractivity contribution in [3.63, 3.8) is 0 Å². The van der Waals surface area contributed by atoms with Gasteiger partial charge in [0.05, 0.1) is 18.7 Å². The summed E-state index contributed by atoms with van der Waals surface area (Å²) in [5, 5.41) is 0. The molecule has 0 aliphatic heterocycles. The summed E-state index contributed by atoms with van der Waals surface area (Å²) in [6, 6.07) is 9.16. The number of methoxy groups -OCH3 is 2. The number of hydrogen-bond acceptors (Lipinski definition) is 7. The Bertz CT molecular complexity index is 1060. The van der Waals surface area contributed by atoms with Gasteiger partial charge in [-0.3, -0.25) is 0 Å². The van der Waals surface area contributed by atoms with Gasteiger partial charge in [0, 0.05) is 10.0 Å². The van der Waals surface area contributed by atoms with Gasteiger partial charge in [0.1, 0.15) is 10.5 Å². The zero-order valence-corrected chi connectivity index (χ0v) is 19.6. The Morgan fingerprint density at radius 2 is 1.52 bits per heavy atom. The molecule has 0 heterocycles. The lowest BCUT2D eigenvalue weighted by atomic mass is 10.1. The Morgan fingerprint density at radius 3 is 2.03 bits per heavy atom. The van der Waals surface area contributed by atoms with Crippen LogP contribution >= 0.6 is 31.9 Å². The second-order valence-electron chi connectivity index (χ2n) is 5.70. The molecule has 0 bridgehead atoms. The van der Waals surface area contributed by atoms with Crippen molar-refractivity contribution >= 4 is 60.0 Å². The Kier molecular flexibility index (Phi) is 7.61. The summed E-state index contributed by atoms with van der Waals surface area (Å²) in [7, 11) is -1.97. The van der Waals surface area contributed by atoms with Crippen molar-refractivity contribution in [2.24, 2.45) is 0 Å². The lowest BCUT2D eigenvalue weighted by molar-refractivity contribution is -0.143. The van der Waals surface area contributed by atoms with Gasteiger partial charge in [-0.25, -0.2) is 9.59 Å². The first-order valence-corrected chi connectivity index (χ1v) is 11.0. The number of hydrogen-bond donors (Lipinski definition) is 0. The average Bonchev–Trinajstić information content (AvgIpc) is 2.67. The van der Waals surface area contributed by atoms with Gasteiger partial charge < -0.3 is 13.7 Å². The van der Waals surface area contributed by atoms with E-state index in [0.29, 0.717) is 4.47 Å². The molecule has 2 rings (SSSR count). The third-order valence-electron chi connectivity index (χ3n) is 3.65. The Balaban J connectivity index is 2.61. The van der Waals surface area contributed by atoms with E-state index in [2.05, 4.69) is 41.3 Å². The van der Waals surface area contributed by atoms with E-state index < -0.39 is 27.6 Å². The number of ether oxygens (including phenoxy) is 2. The van der Waals surface area contributed by atoms with Crippen LogP contribution in [0.4, 0.5) is 0 Å². The third-order valence-corrected chi connectivity index (χ3v) is 5.93. The summed E-state index contributed by atoms with van der Waals surface area (Å²) in [5.74, 6) is -2.00. The van der Waals surface area contributed by atoms with Crippen molar-refractivity contribution in [1.82, 2.24) is 0 Å². The molecule has 2 aromatic rings. The third kappa shape index (κ3) is 5.68. The quantitative estimate of drug-likeness (QED) is 0.177. The van der Waals surface area contributed by atoms with Crippen LogP contribution in [0, 0.1) is 6.92 Å². The number of carbonyl (C=O) groups is 2. The molecule has 2 aromatic carbocycles. The van der Waals surface area contributed by atoms with Gasteiger partial charge in [0.25, 0.3) is 0 Å². The van der Waals surface area contributed by atoms with Crippen molar-refractivity contribution in [1.29, 1.82) is 0 Å². The summed E-state index contributed by atoms with van der Waals surface area (Å²) >= 11 is 6.53. The van der Waals surface area contributed by atoms with Gasteiger partial charge >= 0.3 is 22.1 Å². The highest BCUT2D eigenvalue weighted by molar-refractivity contribution is 9.11. The number of rotatable bonds is 6. The van der Waals surface area contributed by atoms with Gasteiger partial charge in [-0.1, -0.05) is 33.6 Å². The number of benzene rings is 2. The monoisotopic (exact) mass is 546 g/mol. The van der Waals surface area contributed by atoms with Crippen LogP contribution in [0.2, 0.25) is 0 Å². The molecule has 10 heteroatoms. The molecule has 0 atom stereocenters. The number of esters is 2. The molecule has 0 aliphatic carbocycles. The lowest BCUT2D eigenvalue weighted by Gasteiger charge is -2.13. The SMILES string of the molecule is COC(=O)C(=Cc1cc(Br)cc(Br)c1OS(=O)(=O)c1ccc(C)cc1)C(=O)OC. The van der Waals surface area contributed by atoms with Crippen LogP contribution in [0.5, 0.6) is 5.75 Å². The molecule has 0 N–H and O–H groups in total. The summed E-state index contributed by atoms with van der Waals surface area (Å²) < 4.78 is 40.8. The first kappa shape index (κ1) is 23.1. The smallest absolute Gasteiger partial charge is 0.345 e. The van der Waals surface area contributed by atoms with E-state index in [1.807, 2.05) is 6.92 Å². The topological polar surface area (TPSA) is 96.0 Å². The predicted octanol–water partition coefficient (Wildman–Crippen LogP) is 4.02. The fraction of sp³-hybridized carbons (Fsp3) is 0.158. The molecule has 7 nitrogen and oxygen atoms in total. The minimum Gasteiger partial charge on any atom is -0.465 e. The van der Waals surface area contributed by atoms with Gasteiger partial charge in [0.15, 0.2) is 5.75 Å². The zero-order valence-electron chi connectivity index (χ0n) is 15.6. The minimum absolute atomic E-state index is 0.0472. The molecule has 0 unspecified atom stereocenters. The van der Waals surface area contributed by atoms with Gasteiger partial charge in [0.2, 0.25) is 0 Å². The normalized spacial score (nSPS) is 10.8. The summed E-state index contributed by atoms with van der Waals surface area (Å²) in [4.78, 5) is 23.9. The van der Waals surface area contributed by atoms with Crippen molar-refractivity contribution in [2.45, 2.75) is 11.8 Å². The highest BCUT2D eigenvalue weighted by atomic mass is 79.9. The maximum absolute atomic E-state index is 12.7. The van der Waals surface area contributed by atoms with Crippen LogP contribution in [0.15, 0.2) is 55.8 Å². The van der Waals surface area contributed by atoms with E-state index in [1.54, 1.807) is 18.2 Å². The molecule has 0 aromatic heterocycles. The number of halogens is 2. The Hall–Kier alpha value is -2.17. The fourth-order valence-electron chi connectivity index (χ4n) is 2.21. The molecule has 0 amide bonds. The lowest BCUT2D eigenvalue weighted by Crippen LogP contribution is -2.16. The van der Waals surface area contributed by atoms with Gasteiger partial charge in [-0.05, 0) is 53.2 Å². The minimum atomic E-state index is -4.18. The van der Waals surface area contributed by atoms with E-state index in [4.69, 9.17) is 4.18 Å². The van der Waals surface area contributed by atoms with Crippen LogP contribution < -0.4 is 4.18 Å².